The van der Waals surface area contributed by atoms with Gasteiger partial charge in [0.15, 0.2) is 5.84 Å². The number of hydrazone groups is 1. The van der Waals surface area contributed by atoms with Crippen LogP contribution < -0.4 is 16.4 Å². The summed E-state index contributed by atoms with van der Waals surface area (Å²) in [5, 5.41) is 8.31. The van der Waals surface area contributed by atoms with Crippen molar-refractivity contribution in [1.82, 2.24) is 30.6 Å². The highest BCUT2D eigenvalue weighted by Crippen LogP contribution is 2.40. The largest absolute Gasteiger partial charge is 0.418 e. The Balaban J connectivity index is 1.46. The summed E-state index contributed by atoms with van der Waals surface area (Å²) in [5.74, 6) is -1.49. The Morgan fingerprint density at radius 2 is 2.00 bits per heavy atom. The minimum absolute atomic E-state index is 0.0297. The van der Waals surface area contributed by atoms with Gasteiger partial charge in [0.05, 0.1) is 28.8 Å². The molecule has 0 atom stereocenters. The normalized spacial score (nSPS) is 15.8. The molecule has 3 aromatic rings. The number of benzene rings is 1. The lowest BCUT2D eigenvalue weighted by atomic mass is 10.1. The van der Waals surface area contributed by atoms with E-state index in [2.05, 4.69) is 31.5 Å². The molecule has 3 heterocycles. The number of carbonyl (C=O) groups is 1. The van der Waals surface area contributed by atoms with E-state index in [0.717, 1.165) is 18.9 Å². The molecule has 2 aliphatic rings. The minimum Gasteiger partial charge on any atom is -0.306 e. The van der Waals surface area contributed by atoms with Crippen LogP contribution in [0.5, 0.6) is 0 Å². The van der Waals surface area contributed by atoms with Crippen LogP contribution in [0.3, 0.4) is 0 Å². The van der Waals surface area contributed by atoms with E-state index in [9.17, 15) is 22.4 Å². The first-order valence-corrected chi connectivity index (χ1v) is 11.2. The van der Waals surface area contributed by atoms with Crippen LogP contribution in [-0.2, 0) is 6.18 Å². The van der Waals surface area contributed by atoms with Crippen LogP contribution in [0.1, 0.15) is 59.9 Å². The van der Waals surface area contributed by atoms with E-state index in [0.29, 0.717) is 23.3 Å². The summed E-state index contributed by atoms with van der Waals surface area (Å²) in [6.45, 7) is 3.86. The molecule has 9 nitrogen and oxygen atoms in total. The Labute approximate surface area is 203 Å². The monoisotopic (exact) mass is 502 g/mol. The Bertz CT molecular complexity index is 1350. The van der Waals surface area contributed by atoms with E-state index >= 15 is 0 Å². The van der Waals surface area contributed by atoms with Gasteiger partial charge in [-0.3, -0.25) is 9.80 Å². The van der Waals surface area contributed by atoms with Crippen molar-refractivity contribution in [1.29, 1.82) is 0 Å². The van der Waals surface area contributed by atoms with Gasteiger partial charge in [0.25, 0.3) is 5.91 Å². The van der Waals surface area contributed by atoms with Gasteiger partial charge >= 0.3 is 6.18 Å². The zero-order valence-electron chi connectivity index (χ0n) is 19.3. The third kappa shape index (κ3) is 4.61. The number of carbonyl (C=O) groups excluding carboxylic acids is 1. The molecule has 0 radical (unpaired) electrons. The number of hydrogen-bond donors (Lipinski definition) is 3. The zero-order chi connectivity index (χ0) is 25.6. The number of pyridine rings is 1. The number of anilines is 1. The van der Waals surface area contributed by atoms with E-state index in [1.807, 2.05) is 13.8 Å². The van der Waals surface area contributed by atoms with Gasteiger partial charge in [-0.25, -0.2) is 19.9 Å². The molecule has 188 valence electrons. The number of rotatable bonds is 6. The smallest absolute Gasteiger partial charge is 0.306 e. The van der Waals surface area contributed by atoms with Crippen molar-refractivity contribution >= 4 is 17.6 Å². The maximum absolute atomic E-state index is 14.8. The number of aromatic nitrogens is 3. The predicted molar refractivity (Wildman–Crippen MR) is 122 cm³/mol. The molecule has 1 aromatic carbocycles. The summed E-state index contributed by atoms with van der Waals surface area (Å²) in [4.78, 5) is 21.5. The average molecular weight is 502 g/mol. The van der Waals surface area contributed by atoms with Crippen LogP contribution >= 0.6 is 0 Å². The minimum atomic E-state index is -4.84. The Morgan fingerprint density at radius 3 is 2.69 bits per heavy atom. The van der Waals surface area contributed by atoms with Gasteiger partial charge in [0.2, 0.25) is 0 Å². The predicted octanol–water partition coefficient (Wildman–Crippen LogP) is 3.95. The fourth-order valence-corrected chi connectivity index (χ4v) is 3.84. The van der Waals surface area contributed by atoms with E-state index in [4.69, 9.17) is 0 Å². The summed E-state index contributed by atoms with van der Waals surface area (Å²) in [5.41, 5.74) is 4.41. The lowest BCUT2D eigenvalue weighted by Crippen LogP contribution is -2.45. The van der Waals surface area contributed by atoms with Gasteiger partial charge in [0.1, 0.15) is 17.3 Å². The summed E-state index contributed by atoms with van der Waals surface area (Å²) in [6.07, 6.45) is -0.275. The van der Waals surface area contributed by atoms with Gasteiger partial charge in [0, 0.05) is 18.2 Å². The fraction of sp³-hybridized carbons (Fsp3) is 0.304. The second-order valence-electron chi connectivity index (χ2n) is 8.81. The van der Waals surface area contributed by atoms with Crippen molar-refractivity contribution in [2.75, 3.05) is 5.32 Å². The lowest BCUT2D eigenvalue weighted by Gasteiger charge is -2.22. The number of alkyl halides is 3. The van der Waals surface area contributed by atoms with Gasteiger partial charge < -0.3 is 9.88 Å². The molecule has 0 spiro atoms. The number of amides is 1. The quantitative estimate of drug-likeness (QED) is 0.442. The summed E-state index contributed by atoms with van der Waals surface area (Å²) >= 11 is 0. The van der Waals surface area contributed by atoms with Crippen LogP contribution in [0.4, 0.5) is 23.4 Å². The molecular weight excluding hydrogens is 480 g/mol. The molecule has 1 amide bonds. The van der Waals surface area contributed by atoms with Crippen molar-refractivity contribution in [3.05, 3.63) is 71.2 Å². The number of imidazole rings is 1. The van der Waals surface area contributed by atoms with Crippen molar-refractivity contribution in [2.45, 2.75) is 44.8 Å². The van der Waals surface area contributed by atoms with E-state index in [1.54, 1.807) is 17.1 Å². The molecule has 5 rings (SSSR count). The van der Waals surface area contributed by atoms with Crippen LogP contribution in [0, 0.1) is 5.82 Å². The Morgan fingerprint density at radius 1 is 1.22 bits per heavy atom. The van der Waals surface area contributed by atoms with Crippen molar-refractivity contribution in [3.8, 4) is 5.69 Å². The standard InChI is InChI=1S/C23H22F4N8O/c1-12(2)35-21(31-32-33-35)17-4-3-5-20(29-17)30-22(36)14-8-19(15(9-16(14)24)23(25,26)27)34-10-18(28-11-34)13-6-7-13/h3-5,8-13,32-33H,6-7H2,1-2H3,(H,29,30,36). The highest BCUT2D eigenvalue weighted by Gasteiger charge is 2.36. The highest BCUT2D eigenvalue weighted by atomic mass is 19.4. The third-order valence-corrected chi connectivity index (χ3v) is 5.81. The van der Waals surface area contributed by atoms with Crippen LogP contribution in [0.2, 0.25) is 0 Å². The first-order chi connectivity index (χ1) is 17.1. The van der Waals surface area contributed by atoms with Crippen molar-refractivity contribution in [2.24, 2.45) is 5.10 Å². The first-order valence-electron chi connectivity index (χ1n) is 11.2. The average Bonchev–Trinajstić information content (AvgIpc) is 3.34. The van der Waals surface area contributed by atoms with Gasteiger partial charge in [-0.1, -0.05) is 6.07 Å². The molecule has 1 saturated carbocycles. The van der Waals surface area contributed by atoms with Crippen molar-refractivity contribution < 1.29 is 22.4 Å². The number of nitrogens with zero attached hydrogens (tertiary/aromatic N) is 5. The molecule has 0 unspecified atom stereocenters. The number of hydrogen-bond acceptors (Lipinski definition) is 7. The second kappa shape index (κ2) is 8.90. The van der Waals surface area contributed by atoms with Crippen LogP contribution in [0.15, 0.2) is 48.0 Å². The molecule has 36 heavy (non-hydrogen) atoms. The molecule has 1 fully saturated rings. The van der Waals surface area contributed by atoms with Crippen LogP contribution in [-0.4, -0.2) is 37.3 Å². The second-order valence-corrected chi connectivity index (χ2v) is 8.81. The number of amidine groups is 1. The molecule has 3 N–H and O–H groups in total. The number of nitrogens with one attached hydrogen (secondary N) is 3. The molecule has 0 saturated heterocycles. The summed E-state index contributed by atoms with van der Waals surface area (Å²) in [7, 11) is 0. The summed E-state index contributed by atoms with van der Waals surface area (Å²) in [6, 6.07) is 6.02. The lowest BCUT2D eigenvalue weighted by molar-refractivity contribution is -0.137. The summed E-state index contributed by atoms with van der Waals surface area (Å²) < 4.78 is 57.1. The third-order valence-electron chi connectivity index (χ3n) is 5.81. The molecule has 1 aliphatic heterocycles. The molecular formula is C23H22F4N8O. The zero-order valence-corrected chi connectivity index (χ0v) is 19.3. The Kier molecular flexibility index (Phi) is 5.86. The molecule has 0 bridgehead atoms. The first kappa shape index (κ1) is 23.7. The van der Waals surface area contributed by atoms with E-state index < -0.39 is 29.0 Å². The SMILES string of the molecule is CC(C)N1NNN=C1c1cccc(NC(=O)c2cc(-n3cnc(C4CC4)c3)c(C(F)(F)F)cc2F)n1. The fourth-order valence-electron chi connectivity index (χ4n) is 3.84. The van der Waals surface area contributed by atoms with Gasteiger partial charge in [-0.15, -0.1) is 10.6 Å². The highest BCUT2D eigenvalue weighted by molar-refractivity contribution is 6.05. The number of halogens is 4. The van der Waals surface area contributed by atoms with E-state index in [1.165, 1.54) is 23.2 Å². The van der Waals surface area contributed by atoms with E-state index in [-0.39, 0.29) is 23.5 Å². The maximum Gasteiger partial charge on any atom is 0.418 e. The Hall–Kier alpha value is -4.00. The van der Waals surface area contributed by atoms with Gasteiger partial charge in [-0.2, -0.15) is 13.2 Å². The molecule has 2 aromatic heterocycles. The maximum atomic E-state index is 14.8. The topological polar surface area (TPSA) is 99.5 Å². The van der Waals surface area contributed by atoms with Gasteiger partial charge in [-0.05, 0) is 51.0 Å². The number of hydrazine groups is 2. The van der Waals surface area contributed by atoms with Crippen LogP contribution in [0.25, 0.3) is 5.69 Å². The molecule has 13 heteroatoms. The molecule has 1 aliphatic carbocycles. The van der Waals surface area contributed by atoms with Crippen molar-refractivity contribution in [3.63, 3.8) is 0 Å².